The van der Waals surface area contributed by atoms with Crippen LogP contribution in [0.5, 0.6) is 0 Å². The maximum atomic E-state index is 11.4. The number of hydrogen-bond acceptors (Lipinski definition) is 4. The zero-order chi connectivity index (χ0) is 16.9. The number of fused-ring (bicyclic) bond motifs is 3. The maximum absolute atomic E-state index is 11.4. The van der Waals surface area contributed by atoms with Crippen LogP contribution in [0.25, 0.3) is 11.0 Å². The number of pyridine rings is 1. The van der Waals surface area contributed by atoms with Crippen molar-refractivity contribution in [2.75, 3.05) is 0 Å². The minimum atomic E-state index is -0.612. The second-order valence-corrected chi connectivity index (χ2v) is 8.65. The van der Waals surface area contributed by atoms with Gasteiger partial charge in [-0.3, -0.25) is 9.88 Å². The molecule has 0 saturated carbocycles. The van der Waals surface area contributed by atoms with E-state index in [-0.39, 0.29) is 0 Å². The van der Waals surface area contributed by atoms with Crippen molar-refractivity contribution >= 4 is 22.4 Å². The van der Waals surface area contributed by atoms with E-state index in [0.717, 1.165) is 30.4 Å². The number of nitrogens with zero attached hydrogens (tertiary/aromatic N) is 3. The first kappa shape index (κ1) is 15.6. The number of thiophene rings is 1. The molecular weight excluding hydrogens is 330 g/mol. The fourth-order valence-electron chi connectivity index (χ4n) is 4.86. The summed E-state index contributed by atoms with van der Waals surface area (Å²) < 4.78 is 2.18. The van der Waals surface area contributed by atoms with Crippen molar-refractivity contribution < 1.29 is 5.11 Å². The molecule has 4 nitrogen and oxygen atoms in total. The van der Waals surface area contributed by atoms with E-state index in [2.05, 4.69) is 44.2 Å². The Morgan fingerprint density at radius 2 is 2.00 bits per heavy atom. The van der Waals surface area contributed by atoms with Gasteiger partial charge in [0.1, 0.15) is 0 Å². The van der Waals surface area contributed by atoms with Crippen LogP contribution in [0.4, 0.5) is 0 Å². The standard InChI is InChI=1S/C20H23N3OS/c24-20(14-22-9-7-18-19(22)4-1-8-21-18)11-15-5-6-16(12-20)23(15)13-17-3-2-10-25-17/h1-4,7-10,15-16,24H,5-6,11-14H2/t15-,16-/m0/s1. The molecule has 2 saturated heterocycles. The van der Waals surface area contributed by atoms with Crippen molar-refractivity contribution in [1.29, 1.82) is 0 Å². The van der Waals surface area contributed by atoms with Gasteiger partial charge in [-0.1, -0.05) is 6.07 Å². The van der Waals surface area contributed by atoms with Crippen molar-refractivity contribution in [2.24, 2.45) is 0 Å². The average molecular weight is 353 g/mol. The minimum Gasteiger partial charge on any atom is -0.388 e. The molecule has 3 aromatic heterocycles. The van der Waals surface area contributed by atoms with E-state index in [0.29, 0.717) is 18.6 Å². The second kappa shape index (κ2) is 5.94. The summed E-state index contributed by atoms with van der Waals surface area (Å²) in [6, 6.07) is 11.5. The Labute approximate surface area is 151 Å². The lowest BCUT2D eigenvalue weighted by atomic mass is 9.85. The fraction of sp³-hybridized carbons (Fsp3) is 0.450. The van der Waals surface area contributed by atoms with Gasteiger partial charge in [0.25, 0.3) is 0 Å². The van der Waals surface area contributed by atoms with Gasteiger partial charge < -0.3 is 9.67 Å². The van der Waals surface area contributed by atoms with Gasteiger partial charge in [0.2, 0.25) is 0 Å². The van der Waals surface area contributed by atoms with E-state index >= 15 is 0 Å². The molecule has 2 aliphatic rings. The summed E-state index contributed by atoms with van der Waals surface area (Å²) in [7, 11) is 0. The molecule has 2 aliphatic heterocycles. The van der Waals surface area contributed by atoms with E-state index in [4.69, 9.17) is 0 Å². The Bertz CT molecular complexity index is 858. The predicted molar refractivity (Wildman–Crippen MR) is 101 cm³/mol. The lowest BCUT2D eigenvalue weighted by Crippen LogP contribution is -2.52. The first-order valence-corrected chi connectivity index (χ1v) is 9.99. The smallest absolute Gasteiger partial charge is 0.0880 e. The van der Waals surface area contributed by atoms with Crippen LogP contribution in [0.2, 0.25) is 0 Å². The van der Waals surface area contributed by atoms with Crippen molar-refractivity contribution in [3.05, 3.63) is 53.0 Å². The van der Waals surface area contributed by atoms with Gasteiger partial charge in [0.15, 0.2) is 0 Å². The molecule has 25 heavy (non-hydrogen) atoms. The second-order valence-electron chi connectivity index (χ2n) is 7.62. The molecular formula is C20H23N3OS. The average Bonchev–Trinajstić information content (AvgIpc) is 3.30. The number of hydrogen-bond donors (Lipinski definition) is 1. The molecule has 0 radical (unpaired) electrons. The topological polar surface area (TPSA) is 41.3 Å². The third-order valence-corrected chi connectivity index (χ3v) is 6.78. The molecule has 130 valence electrons. The number of rotatable bonds is 4. The highest BCUT2D eigenvalue weighted by Crippen LogP contribution is 2.42. The molecule has 2 atom stereocenters. The molecule has 3 aromatic rings. The lowest BCUT2D eigenvalue weighted by Gasteiger charge is -2.44. The molecule has 1 N–H and O–H groups in total. The van der Waals surface area contributed by atoms with Crippen LogP contribution in [-0.2, 0) is 13.1 Å². The summed E-state index contributed by atoms with van der Waals surface area (Å²) in [6.07, 6.45) is 8.06. The summed E-state index contributed by atoms with van der Waals surface area (Å²) >= 11 is 1.84. The summed E-state index contributed by atoms with van der Waals surface area (Å²) in [5.41, 5.74) is 1.51. The van der Waals surface area contributed by atoms with Gasteiger partial charge >= 0.3 is 0 Å². The van der Waals surface area contributed by atoms with Crippen LogP contribution in [-0.4, -0.2) is 37.2 Å². The van der Waals surface area contributed by atoms with Gasteiger partial charge in [-0.15, -0.1) is 11.3 Å². The molecule has 2 bridgehead atoms. The molecule has 0 aromatic carbocycles. The number of aromatic nitrogens is 2. The molecule has 5 heteroatoms. The molecule has 0 unspecified atom stereocenters. The van der Waals surface area contributed by atoms with E-state index in [1.165, 1.54) is 17.7 Å². The monoisotopic (exact) mass is 353 g/mol. The van der Waals surface area contributed by atoms with E-state index < -0.39 is 5.60 Å². The predicted octanol–water partition coefficient (Wildman–Crippen LogP) is 3.66. The molecule has 0 aliphatic carbocycles. The Kier molecular flexibility index (Phi) is 3.69. The Balaban J connectivity index is 1.36. The minimum absolute atomic E-state index is 0.505. The van der Waals surface area contributed by atoms with Gasteiger partial charge in [-0.2, -0.15) is 0 Å². The summed E-state index contributed by atoms with van der Waals surface area (Å²) in [6.45, 7) is 1.71. The maximum Gasteiger partial charge on any atom is 0.0880 e. The largest absolute Gasteiger partial charge is 0.388 e. The Morgan fingerprint density at radius 1 is 1.16 bits per heavy atom. The number of aliphatic hydroxyl groups is 1. The van der Waals surface area contributed by atoms with Gasteiger partial charge in [0, 0.05) is 35.9 Å². The van der Waals surface area contributed by atoms with Crippen LogP contribution in [0.1, 0.15) is 30.6 Å². The summed E-state index contributed by atoms with van der Waals surface area (Å²) in [4.78, 5) is 8.47. The molecule has 5 heterocycles. The number of piperidine rings is 1. The quantitative estimate of drug-likeness (QED) is 0.778. The first-order chi connectivity index (χ1) is 12.2. The molecule has 0 spiro atoms. The van der Waals surface area contributed by atoms with Gasteiger partial charge in [-0.25, -0.2) is 0 Å². The molecule has 0 amide bonds. The van der Waals surface area contributed by atoms with Crippen molar-refractivity contribution in [1.82, 2.24) is 14.5 Å². The van der Waals surface area contributed by atoms with Crippen LogP contribution in [0, 0.1) is 0 Å². The third-order valence-electron chi connectivity index (χ3n) is 5.92. The van der Waals surface area contributed by atoms with Gasteiger partial charge in [-0.05, 0) is 55.3 Å². The van der Waals surface area contributed by atoms with Crippen LogP contribution < -0.4 is 0 Å². The highest BCUT2D eigenvalue weighted by atomic mass is 32.1. The SMILES string of the molecule is OC1(Cn2ccc3ncccc32)C[C@@H]2CC[C@@H](C1)N2Cc1cccs1. The Hall–Kier alpha value is -1.69. The summed E-state index contributed by atoms with van der Waals surface area (Å²) in [5.74, 6) is 0. The van der Waals surface area contributed by atoms with E-state index in [1.54, 1.807) is 0 Å². The van der Waals surface area contributed by atoms with Crippen molar-refractivity contribution in [3.8, 4) is 0 Å². The first-order valence-electron chi connectivity index (χ1n) is 9.11. The van der Waals surface area contributed by atoms with Gasteiger partial charge in [0.05, 0.1) is 23.2 Å². The Morgan fingerprint density at radius 3 is 2.76 bits per heavy atom. The van der Waals surface area contributed by atoms with Crippen molar-refractivity contribution in [2.45, 2.75) is 56.5 Å². The van der Waals surface area contributed by atoms with Crippen LogP contribution in [0.15, 0.2) is 48.1 Å². The zero-order valence-electron chi connectivity index (χ0n) is 14.2. The normalized spacial score (nSPS) is 29.5. The fourth-order valence-corrected chi connectivity index (χ4v) is 5.57. The highest BCUT2D eigenvalue weighted by Gasteiger charge is 2.47. The third kappa shape index (κ3) is 2.80. The summed E-state index contributed by atoms with van der Waals surface area (Å²) in [5, 5.41) is 13.5. The van der Waals surface area contributed by atoms with E-state index in [1.807, 2.05) is 29.7 Å². The van der Waals surface area contributed by atoms with Crippen molar-refractivity contribution in [3.63, 3.8) is 0 Å². The highest BCUT2D eigenvalue weighted by molar-refractivity contribution is 7.09. The lowest BCUT2D eigenvalue weighted by molar-refractivity contribution is -0.0642. The van der Waals surface area contributed by atoms with Crippen LogP contribution >= 0.6 is 11.3 Å². The zero-order valence-corrected chi connectivity index (χ0v) is 15.0. The van der Waals surface area contributed by atoms with Crippen LogP contribution in [0.3, 0.4) is 0 Å². The van der Waals surface area contributed by atoms with E-state index in [9.17, 15) is 5.11 Å². The molecule has 2 fully saturated rings. The molecule has 5 rings (SSSR count).